The number of unbranched alkanes of at least 4 members (excludes halogenated alkanes) is 1. The molecule has 3 heterocycles. The molecule has 3 aliphatic rings. The van der Waals surface area contributed by atoms with Gasteiger partial charge in [0.1, 0.15) is 24.4 Å². The number of aliphatic carboxylic acids is 1. The Morgan fingerprint density at radius 2 is 1.51 bits per heavy atom. The molecular formula is C21H28F8O11S. The molecule has 41 heavy (non-hydrogen) atoms. The fourth-order valence-corrected chi connectivity index (χ4v) is 5.17. The molecule has 0 amide bonds. The molecule has 0 aromatic heterocycles. The first-order chi connectivity index (χ1) is 18.3. The first-order valence-corrected chi connectivity index (χ1v) is 13.4. The van der Waals surface area contributed by atoms with Crippen LogP contribution in [0, 0.1) is 0 Å². The Balaban J connectivity index is 1.81. The van der Waals surface area contributed by atoms with Crippen molar-refractivity contribution in [3.05, 3.63) is 0 Å². The fraction of sp³-hybridized carbons (Fsp3) is 0.952. The number of hydrogen-bond acceptors (Lipinski definition) is 10. The maximum absolute atomic E-state index is 14.7. The summed E-state index contributed by atoms with van der Waals surface area (Å²) < 4.78 is 173. The van der Waals surface area contributed by atoms with Crippen LogP contribution in [0.15, 0.2) is 0 Å². The van der Waals surface area contributed by atoms with Crippen LogP contribution in [0.5, 0.6) is 0 Å². The van der Waals surface area contributed by atoms with E-state index in [9.17, 15) is 48.3 Å². The topological polar surface area (TPSA) is 136 Å². The second-order valence-electron chi connectivity index (χ2n) is 10.4. The number of alkyl halides is 8. The lowest BCUT2D eigenvalue weighted by Gasteiger charge is -2.33. The molecule has 0 bridgehead atoms. The quantitative estimate of drug-likeness (QED) is 0.179. The Morgan fingerprint density at radius 1 is 0.902 bits per heavy atom. The molecule has 20 heteroatoms. The number of hydrogen-bond donors (Lipinski definition) is 1. The summed E-state index contributed by atoms with van der Waals surface area (Å²) in [5, 5.41) is 1.79. The van der Waals surface area contributed by atoms with Crippen molar-refractivity contribution in [2.45, 2.75) is 119 Å². The van der Waals surface area contributed by atoms with Crippen molar-refractivity contribution in [2.24, 2.45) is 0 Å². The number of carboxylic acids is 1. The Kier molecular flexibility index (Phi) is 9.09. The molecule has 3 fully saturated rings. The summed E-state index contributed by atoms with van der Waals surface area (Å²) in [5.74, 6) is -9.76. The van der Waals surface area contributed by atoms with Crippen LogP contribution < -0.4 is 0 Å². The highest BCUT2D eigenvalue weighted by Crippen LogP contribution is 2.50. The zero-order chi connectivity index (χ0) is 31.4. The third kappa shape index (κ3) is 7.05. The minimum atomic E-state index is -6.98. The standard InChI is InChI=1S/C21H28F8O11S/c1-16(2)34-9-10(36-16)12-13(14-15(35-12)38-17(3,4)37-14)39-41(32,33)21(28,29)20(26,27)40-19(24,25)18(22,23)8-6-5-7-11(30)31/h10,12-15H,5-9H2,1-4H3,(H,30,31)/t10?,12-,13?,14?,15-/m1/s1. The number of carbonyl (C=O) groups is 1. The lowest BCUT2D eigenvalue weighted by molar-refractivity contribution is -0.456. The molecule has 240 valence electrons. The van der Waals surface area contributed by atoms with E-state index in [2.05, 4.69) is 8.92 Å². The molecule has 0 aromatic carbocycles. The first-order valence-electron chi connectivity index (χ1n) is 12.0. The molecule has 0 radical (unpaired) electrons. The highest BCUT2D eigenvalue weighted by molar-refractivity contribution is 7.87. The molecule has 0 saturated carbocycles. The van der Waals surface area contributed by atoms with E-state index in [1.54, 1.807) is 0 Å². The van der Waals surface area contributed by atoms with Gasteiger partial charge in [-0.1, -0.05) is 0 Å². The molecule has 1 N–H and O–H groups in total. The fourth-order valence-electron chi connectivity index (χ4n) is 4.21. The van der Waals surface area contributed by atoms with Crippen LogP contribution in [-0.4, -0.2) is 91.8 Å². The van der Waals surface area contributed by atoms with Crippen LogP contribution in [0.25, 0.3) is 0 Å². The van der Waals surface area contributed by atoms with Crippen molar-refractivity contribution in [1.29, 1.82) is 0 Å². The van der Waals surface area contributed by atoms with Gasteiger partial charge in [-0.25, -0.2) is 4.74 Å². The summed E-state index contributed by atoms with van der Waals surface area (Å²) >= 11 is 0. The highest BCUT2D eigenvalue weighted by Gasteiger charge is 2.75. The Bertz CT molecular complexity index is 1090. The Labute approximate surface area is 228 Å². The molecule has 3 saturated heterocycles. The van der Waals surface area contributed by atoms with Gasteiger partial charge < -0.3 is 28.8 Å². The number of ether oxygens (including phenoxy) is 6. The summed E-state index contributed by atoms with van der Waals surface area (Å²) in [6.07, 6.45) is -25.5. The number of carboxylic acid groups (broad SMARTS) is 1. The van der Waals surface area contributed by atoms with E-state index in [0.717, 1.165) is 0 Å². The molecule has 0 aromatic rings. The maximum atomic E-state index is 14.7. The minimum absolute atomic E-state index is 0.316. The predicted octanol–water partition coefficient (Wildman–Crippen LogP) is 3.80. The Hall–Kier alpha value is -1.42. The largest absolute Gasteiger partial charge is 0.481 e. The van der Waals surface area contributed by atoms with Crippen LogP contribution in [0.1, 0.15) is 53.4 Å². The SMILES string of the molecule is CC1(C)OCC([C@H]2O[C@@H]3OC(C)(C)OC3C2OS(=O)(=O)C(F)(F)C(F)(F)OC(F)(F)C(F)(F)CCCCC(=O)O)O1. The van der Waals surface area contributed by atoms with Gasteiger partial charge in [-0.15, -0.1) is 0 Å². The van der Waals surface area contributed by atoms with E-state index < -0.39 is 107 Å². The summed E-state index contributed by atoms with van der Waals surface area (Å²) in [4.78, 5) is 10.4. The van der Waals surface area contributed by atoms with Crippen LogP contribution in [0.2, 0.25) is 0 Å². The van der Waals surface area contributed by atoms with Gasteiger partial charge >= 0.3 is 39.5 Å². The van der Waals surface area contributed by atoms with Crippen molar-refractivity contribution in [3.63, 3.8) is 0 Å². The molecule has 11 nitrogen and oxygen atoms in total. The second-order valence-corrected chi connectivity index (χ2v) is 12.0. The van der Waals surface area contributed by atoms with Crippen LogP contribution >= 0.6 is 0 Å². The van der Waals surface area contributed by atoms with E-state index in [4.69, 9.17) is 28.8 Å². The lowest BCUT2D eigenvalue weighted by atomic mass is 10.1. The minimum Gasteiger partial charge on any atom is -0.481 e. The van der Waals surface area contributed by atoms with Gasteiger partial charge in [0.25, 0.3) is 0 Å². The number of rotatable bonds is 13. The molecule has 5 atom stereocenters. The molecule has 0 spiro atoms. The van der Waals surface area contributed by atoms with Gasteiger partial charge in [0.2, 0.25) is 0 Å². The van der Waals surface area contributed by atoms with Crippen molar-refractivity contribution in [2.75, 3.05) is 6.61 Å². The van der Waals surface area contributed by atoms with Crippen molar-refractivity contribution >= 4 is 16.1 Å². The van der Waals surface area contributed by atoms with E-state index in [1.807, 2.05) is 0 Å². The van der Waals surface area contributed by atoms with Gasteiger partial charge in [-0.3, -0.25) is 8.98 Å². The molecule has 0 aliphatic carbocycles. The van der Waals surface area contributed by atoms with Crippen molar-refractivity contribution < 1.29 is 86.0 Å². The number of halogens is 8. The monoisotopic (exact) mass is 640 g/mol. The first kappa shape index (κ1) is 34.1. The summed E-state index contributed by atoms with van der Waals surface area (Å²) in [6, 6.07) is 0. The van der Waals surface area contributed by atoms with Gasteiger partial charge in [-0.05, 0) is 40.5 Å². The van der Waals surface area contributed by atoms with E-state index >= 15 is 0 Å². The Morgan fingerprint density at radius 3 is 2.05 bits per heavy atom. The van der Waals surface area contributed by atoms with Gasteiger partial charge in [0.15, 0.2) is 17.9 Å². The molecular weight excluding hydrogens is 612 g/mol. The summed E-state index contributed by atoms with van der Waals surface area (Å²) in [5.41, 5.74) is 0. The second kappa shape index (κ2) is 10.9. The van der Waals surface area contributed by atoms with Crippen LogP contribution in [0.4, 0.5) is 35.1 Å². The van der Waals surface area contributed by atoms with Crippen molar-refractivity contribution in [3.8, 4) is 0 Å². The smallest absolute Gasteiger partial charge is 0.460 e. The average molecular weight is 640 g/mol. The lowest BCUT2D eigenvalue weighted by Crippen LogP contribution is -2.57. The molecule has 3 rings (SSSR count). The van der Waals surface area contributed by atoms with E-state index in [0.29, 0.717) is 0 Å². The third-order valence-corrected chi connectivity index (χ3v) is 7.47. The molecule has 3 aliphatic heterocycles. The summed E-state index contributed by atoms with van der Waals surface area (Å²) in [6.45, 7) is 5.17. The number of fused-ring (bicyclic) bond motifs is 1. The van der Waals surface area contributed by atoms with Crippen LogP contribution in [0.3, 0.4) is 0 Å². The highest BCUT2D eigenvalue weighted by atomic mass is 32.2. The van der Waals surface area contributed by atoms with E-state index in [-0.39, 0.29) is 6.61 Å². The zero-order valence-corrected chi connectivity index (χ0v) is 22.7. The predicted molar refractivity (Wildman–Crippen MR) is 114 cm³/mol. The van der Waals surface area contributed by atoms with E-state index in [1.165, 1.54) is 27.7 Å². The molecule has 3 unspecified atom stereocenters. The van der Waals surface area contributed by atoms with Gasteiger partial charge in [-0.2, -0.15) is 43.5 Å². The van der Waals surface area contributed by atoms with Crippen molar-refractivity contribution in [1.82, 2.24) is 0 Å². The normalized spacial score (nSPS) is 30.5. The third-order valence-electron chi connectivity index (χ3n) is 6.13. The zero-order valence-electron chi connectivity index (χ0n) is 21.9. The summed E-state index contributed by atoms with van der Waals surface area (Å²) in [7, 11) is -6.98. The van der Waals surface area contributed by atoms with Gasteiger partial charge in [0, 0.05) is 12.8 Å². The van der Waals surface area contributed by atoms with Gasteiger partial charge in [0.05, 0.1) is 6.61 Å². The maximum Gasteiger partial charge on any atom is 0.460 e. The average Bonchev–Trinajstić information content (AvgIpc) is 3.39. The van der Waals surface area contributed by atoms with Crippen LogP contribution in [-0.2, 0) is 47.5 Å².